The number of hydrogen-bond acceptors (Lipinski definition) is 3. The molecule has 21 heavy (non-hydrogen) atoms. The Labute approximate surface area is 126 Å². The molecule has 4 heteroatoms. The van der Waals surface area contributed by atoms with E-state index in [1.807, 2.05) is 30.9 Å². The first-order valence-electron chi connectivity index (χ1n) is 7.60. The molecular formula is C17H23NO3. The summed E-state index contributed by atoms with van der Waals surface area (Å²) in [6.45, 7) is 5.25. The highest BCUT2D eigenvalue weighted by Crippen LogP contribution is 2.13. The van der Waals surface area contributed by atoms with E-state index in [-0.39, 0.29) is 12.5 Å². The largest absolute Gasteiger partial charge is 0.452 e. The number of hydrogen-bond donors (Lipinski definition) is 0. The van der Waals surface area contributed by atoms with Gasteiger partial charge in [-0.25, -0.2) is 4.79 Å². The summed E-state index contributed by atoms with van der Waals surface area (Å²) in [5, 5.41) is 0. The Morgan fingerprint density at radius 2 is 1.76 bits per heavy atom. The number of carbonyl (C=O) groups excluding carboxylic acids is 2. The summed E-state index contributed by atoms with van der Waals surface area (Å²) in [4.78, 5) is 25.9. The van der Waals surface area contributed by atoms with Crippen molar-refractivity contribution < 1.29 is 14.3 Å². The maximum Gasteiger partial charge on any atom is 0.338 e. The molecule has 0 aromatic heterocycles. The van der Waals surface area contributed by atoms with Gasteiger partial charge in [-0.05, 0) is 38.3 Å². The normalized spacial score (nSPS) is 15.4. The minimum absolute atomic E-state index is 0.0879. The van der Waals surface area contributed by atoms with Gasteiger partial charge in [0.25, 0.3) is 5.91 Å². The monoisotopic (exact) mass is 289 g/mol. The van der Waals surface area contributed by atoms with Crippen LogP contribution >= 0.6 is 0 Å². The Bertz CT molecular complexity index is 517. The van der Waals surface area contributed by atoms with E-state index in [2.05, 4.69) is 0 Å². The molecule has 0 radical (unpaired) electrons. The number of aryl methyl sites for hydroxylation is 2. The highest BCUT2D eigenvalue weighted by Gasteiger charge is 2.18. The van der Waals surface area contributed by atoms with Crippen molar-refractivity contribution in [2.45, 2.75) is 39.5 Å². The molecule has 1 aliphatic heterocycles. The van der Waals surface area contributed by atoms with Crippen molar-refractivity contribution in [3.8, 4) is 0 Å². The number of esters is 1. The zero-order valence-electron chi connectivity index (χ0n) is 12.9. The fraction of sp³-hybridized carbons (Fsp3) is 0.529. The van der Waals surface area contributed by atoms with Crippen LogP contribution in [-0.4, -0.2) is 36.5 Å². The summed E-state index contributed by atoms with van der Waals surface area (Å²) in [5.41, 5.74) is 2.51. The van der Waals surface area contributed by atoms with Crippen LogP contribution in [0.2, 0.25) is 0 Å². The third-order valence-corrected chi connectivity index (χ3v) is 3.89. The SMILES string of the molecule is Cc1ccc(C(=O)OCC(=O)N2CCCCCC2)c(C)c1. The lowest BCUT2D eigenvalue weighted by Crippen LogP contribution is -2.35. The van der Waals surface area contributed by atoms with E-state index in [4.69, 9.17) is 4.74 Å². The zero-order chi connectivity index (χ0) is 15.2. The smallest absolute Gasteiger partial charge is 0.338 e. The van der Waals surface area contributed by atoms with E-state index >= 15 is 0 Å². The van der Waals surface area contributed by atoms with Gasteiger partial charge in [0.15, 0.2) is 6.61 Å². The average molecular weight is 289 g/mol. The molecule has 1 aromatic rings. The minimum atomic E-state index is -0.421. The molecule has 4 nitrogen and oxygen atoms in total. The summed E-state index contributed by atoms with van der Waals surface area (Å²) in [5.74, 6) is -0.509. The van der Waals surface area contributed by atoms with Gasteiger partial charge in [0, 0.05) is 13.1 Å². The first kappa shape index (κ1) is 15.5. The van der Waals surface area contributed by atoms with Crippen molar-refractivity contribution >= 4 is 11.9 Å². The van der Waals surface area contributed by atoms with Crippen molar-refractivity contribution in [1.29, 1.82) is 0 Å². The van der Waals surface area contributed by atoms with Crippen LogP contribution in [0.1, 0.15) is 47.2 Å². The average Bonchev–Trinajstić information content (AvgIpc) is 2.73. The van der Waals surface area contributed by atoms with Crippen molar-refractivity contribution in [2.24, 2.45) is 0 Å². The van der Waals surface area contributed by atoms with Gasteiger partial charge in [0.2, 0.25) is 0 Å². The highest BCUT2D eigenvalue weighted by molar-refractivity contribution is 5.92. The molecule has 1 heterocycles. The van der Waals surface area contributed by atoms with E-state index < -0.39 is 5.97 Å². The van der Waals surface area contributed by atoms with E-state index in [0.717, 1.165) is 37.1 Å². The molecular weight excluding hydrogens is 266 g/mol. The molecule has 0 bridgehead atoms. The molecule has 1 saturated heterocycles. The number of ether oxygens (including phenoxy) is 1. The molecule has 1 aliphatic rings. The lowest BCUT2D eigenvalue weighted by atomic mass is 10.1. The van der Waals surface area contributed by atoms with Gasteiger partial charge in [-0.2, -0.15) is 0 Å². The van der Waals surface area contributed by atoms with Gasteiger partial charge in [-0.1, -0.05) is 30.5 Å². The predicted molar refractivity (Wildman–Crippen MR) is 81.2 cm³/mol. The van der Waals surface area contributed by atoms with Crippen LogP contribution in [0.15, 0.2) is 18.2 Å². The number of benzene rings is 1. The van der Waals surface area contributed by atoms with Gasteiger partial charge < -0.3 is 9.64 Å². The van der Waals surface area contributed by atoms with Crippen molar-refractivity contribution in [2.75, 3.05) is 19.7 Å². The molecule has 0 atom stereocenters. The van der Waals surface area contributed by atoms with Gasteiger partial charge in [0.05, 0.1) is 5.56 Å². The van der Waals surface area contributed by atoms with Crippen LogP contribution in [0.4, 0.5) is 0 Å². The minimum Gasteiger partial charge on any atom is -0.452 e. The first-order valence-corrected chi connectivity index (χ1v) is 7.60. The van der Waals surface area contributed by atoms with Crippen molar-refractivity contribution in [3.63, 3.8) is 0 Å². The molecule has 1 amide bonds. The lowest BCUT2D eigenvalue weighted by molar-refractivity contribution is -0.134. The molecule has 114 valence electrons. The van der Waals surface area contributed by atoms with E-state index in [9.17, 15) is 9.59 Å². The quantitative estimate of drug-likeness (QED) is 0.804. The van der Waals surface area contributed by atoms with Crippen LogP contribution < -0.4 is 0 Å². The number of amides is 1. The summed E-state index contributed by atoms with van der Waals surface area (Å²) in [6.07, 6.45) is 4.42. The van der Waals surface area contributed by atoms with Crippen molar-refractivity contribution in [3.05, 3.63) is 34.9 Å². The number of rotatable bonds is 3. The van der Waals surface area contributed by atoms with E-state index in [1.165, 1.54) is 12.8 Å². The number of nitrogens with zero attached hydrogens (tertiary/aromatic N) is 1. The molecule has 0 unspecified atom stereocenters. The Balaban J connectivity index is 1.89. The maximum absolute atomic E-state index is 12.1. The highest BCUT2D eigenvalue weighted by atomic mass is 16.5. The topological polar surface area (TPSA) is 46.6 Å². The third-order valence-electron chi connectivity index (χ3n) is 3.89. The predicted octanol–water partition coefficient (Wildman–Crippen LogP) is 2.86. The van der Waals surface area contributed by atoms with Crippen molar-refractivity contribution in [1.82, 2.24) is 4.90 Å². The first-order chi connectivity index (χ1) is 10.1. The van der Waals surface area contributed by atoms with E-state index in [1.54, 1.807) is 6.07 Å². The molecule has 0 aliphatic carbocycles. The fourth-order valence-corrected chi connectivity index (χ4v) is 2.66. The Kier molecular flexibility index (Phi) is 5.37. The van der Waals surface area contributed by atoms with Crippen LogP contribution in [0, 0.1) is 13.8 Å². The second-order valence-electron chi connectivity index (χ2n) is 5.69. The van der Waals surface area contributed by atoms with E-state index in [0.29, 0.717) is 5.56 Å². The van der Waals surface area contributed by atoms with Crippen LogP contribution in [0.25, 0.3) is 0 Å². The molecule has 0 N–H and O–H groups in total. The second-order valence-corrected chi connectivity index (χ2v) is 5.69. The van der Waals surface area contributed by atoms with Crippen LogP contribution in [0.5, 0.6) is 0 Å². The van der Waals surface area contributed by atoms with Gasteiger partial charge in [-0.3, -0.25) is 4.79 Å². The third kappa shape index (κ3) is 4.31. The zero-order valence-corrected chi connectivity index (χ0v) is 12.9. The molecule has 0 spiro atoms. The summed E-state index contributed by atoms with van der Waals surface area (Å²) >= 11 is 0. The lowest BCUT2D eigenvalue weighted by Gasteiger charge is -2.20. The Hall–Kier alpha value is -1.84. The summed E-state index contributed by atoms with van der Waals surface area (Å²) < 4.78 is 5.17. The van der Waals surface area contributed by atoms with Gasteiger partial charge in [0.1, 0.15) is 0 Å². The van der Waals surface area contributed by atoms with Gasteiger partial charge >= 0.3 is 5.97 Å². The van der Waals surface area contributed by atoms with Crippen LogP contribution in [0.3, 0.4) is 0 Å². The standard InChI is InChI=1S/C17H23NO3/c1-13-7-8-15(14(2)11-13)17(20)21-12-16(19)18-9-5-3-4-6-10-18/h7-8,11H,3-6,9-10,12H2,1-2H3. The molecule has 2 rings (SSSR count). The summed E-state index contributed by atoms with van der Waals surface area (Å²) in [7, 11) is 0. The summed E-state index contributed by atoms with van der Waals surface area (Å²) in [6, 6.07) is 5.57. The Morgan fingerprint density at radius 1 is 1.10 bits per heavy atom. The molecule has 1 fully saturated rings. The number of likely N-dealkylation sites (tertiary alicyclic amines) is 1. The second kappa shape index (κ2) is 7.25. The maximum atomic E-state index is 12.1. The van der Waals surface area contributed by atoms with Gasteiger partial charge in [-0.15, -0.1) is 0 Å². The molecule has 0 saturated carbocycles. The Morgan fingerprint density at radius 3 is 2.38 bits per heavy atom. The fourth-order valence-electron chi connectivity index (χ4n) is 2.66. The number of carbonyl (C=O) groups is 2. The van der Waals surface area contributed by atoms with Crippen LogP contribution in [-0.2, 0) is 9.53 Å². The molecule has 1 aromatic carbocycles.